The molecule has 0 bridgehead atoms. The maximum Gasteiger partial charge on any atom is 0.331 e. The highest BCUT2D eigenvalue weighted by molar-refractivity contribution is 5.80. The van der Waals surface area contributed by atoms with Crippen molar-refractivity contribution in [3.63, 3.8) is 0 Å². The SMILES string of the molecule is CC(C)n1c(=O)n([C@@H]2CCOC2)c2nc(-c3onc4c3CCC[C@@]43CCCCC34OCCO4)nc(O[C@@H](C)[C@@H]3CCCN3C)c21. The molecule has 4 fully saturated rings. The predicted molar refractivity (Wildman–Crippen MR) is 166 cm³/mol. The minimum Gasteiger partial charge on any atom is -0.471 e. The molecule has 0 radical (unpaired) electrons. The van der Waals surface area contributed by atoms with Crippen molar-refractivity contribution in [1.29, 1.82) is 0 Å². The van der Waals surface area contributed by atoms with E-state index in [0.717, 1.165) is 82.0 Å². The number of likely N-dealkylation sites (tertiary alicyclic amines) is 1. The number of hydrogen-bond acceptors (Lipinski definition) is 10. The summed E-state index contributed by atoms with van der Waals surface area (Å²) < 4.78 is 35.2. The van der Waals surface area contributed by atoms with Gasteiger partial charge < -0.3 is 23.5 Å². The second-order valence-corrected chi connectivity index (χ2v) is 14.1. The predicted octanol–water partition coefficient (Wildman–Crippen LogP) is 4.54. The molecule has 12 nitrogen and oxygen atoms in total. The lowest BCUT2D eigenvalue weighted by atomic mass is 9.61. The summed E-state index contributed by atoms with van der Waals surface area (Å²) in [6.07, 6.45) is 9.52. The minimum atomic E-state index is -0.659. The van der Waals surface area contributed by atoms with Crippen LogP contribution in [0.1, 0.15) is 102 Å². The van der Waals surface area contributed by atoms with Gasteiger partial charge in [0.2, 0.25) is 17.5 Å². The maximum atomic E-state index is 14.1. The van der Waals surface area contributed by atoms with Crippen molar-refractivity contribution in [3.8, 4) is 17.5 Å². The van der Waals surface area contributed by atoms with E-state index in [9.17, 15) is 4.79 Å². The molecule has 4 atom stereocenters. The van der Waals surface area contributed by atoms with E-state index >= 15 is 0 Å². The zero-order valence-corrected chi connectivity index (χ0v) is 27.0. The largest absolute Gasteiger partial charge is 0.471 e. The highest BCUT2D eigenvalue weighted by Crippen LogP contribution is 2.57. The van der Waals surface area contributed by atoms with Crippen molar-refractivity contribution in [2.45, 2.75) is 120 Å². The Morgan fingerprint density at radius 2 is 1.78 bits per heavy atom. The first-order chi connectivity index (χ1) is 21.8. The first-order valence-electron chi connectivity index (χ1n) is 17.1. The van der Waals surface area contributed by atoms with Crippen molar-refractivity contribution in [2.24, 2.45) is 0 Å². The third-order valence-corrected chi connectivity index (χ3v) is 11.2. The van der Waals surface area contributed by atoms with Crippen LogP contribution in [0.15, 0.2) is 9.32 Å². The third-order valence-electron chi connectivity index (χ3n) is 11.2. The maximum absolute atomic E-state index is 14.1. The molecule has 6 heterocycles. The normalized spacial score (nSPS) is 29.0. The van der Waals surface area contributed by atoms with Crippen LogP contribution in [-0.4, -0.2) is 87.1 Å². The Hall–Kier alpha value is -2.80. The molecule has 244 valence electrons. The van der Waals surface area contributed by atoms with Gasteiger partial charge in [0.15, 0.2) is 17.0 Å². The fourth-order valence-electron chi connectivity index (χ4n) is 9.09. The monoisotopic (exact) mass is 622 g/mol. The number of aromatic nitrogens is 5. The van der Waals surface area contributed by atoms with Crippen molar-refractivity contribution in [2.75, 3.05) is 40.0 Å². The van der Waals surface area contributed by atoms with E-state index in [1.165, 1.54) is 0 Å². The standard InChI is InChI=1S/C33H46N6O6/c1-20(2)38-25-29(39(31(38)40)22-11-16-41-19-22)34-28(35-30(25)44-21(3)24-10-8-15-37(24)4)26-23-9-7-13-32(27(23)36-45-26)12-5-6-14-33(32)42-17-18-43-33/h20-22,24H,5-19H2,1-4H3/t21-,22+,24-,32-/m0/s1. The minimum absolute atomic E-state index is 0.111. The number of nitrogens with zero attached hydrogens (tertiary/aromatic N) is 6. The van der Waals surface area contributed by atoms with E-state index in [1.54, 1.807) is 9.13 Å². The molecule has 45 heavy (non-hydrogen) atoms. The van der Waals surface area contributed by atoms with Gasteiger partial charge in [0, 0.05) is 30.7 Å². The molecular weight excluding hydrogens is 576 g/mol. The second kappa shape index (κ2) is 11.2. The van der Waals surface area contributed by atoms with E-state index in [-0.39, 0.29) is 35.3 Å². The summed E-state index contributed by atoms with van der Waals surface area (Å²) in [6, 6.07) is 0.0334. The second-order valence-electron chi connectivity index (χ2n) is 14.1. The number of fused-ring (bicyclic) bond motifs is 4. The molecule has 8 rings (SSSR count). The summed E-state index contributed by atoms with van der Waals surface area (Å²) in [6.45, 7) is 9.46. The van der Waals surface area contributed by atoms with Crippen LogP contribution in [0.5, 0.6) is 5.88 Å². The van der Waals surface area contributed by atoms with Gasteiger partial charge in [-0.05, 0) is 85.7 Å². The molecule has 12 heteroatoms. The van der Waals surface area contributed by atoms with E-state index in [4.69, 9.17) is 38.6 Å². The zero-order chi connectivity index (χ0) is 30.9. The van der Waals surface area contributed by atoms with Crippen LogP contribution in [0.25, 0.3) is 22.7 Å². The van der Waals surface area contributed by atoms with Crippen LogP contribution >= 0.6 is 0 Å². The summed E-state index contributed by atoms with van der Waals surface area (Å²) in [5.74, 6) is 0.716. The molecule has 3 aliphatic heterocycles. The highest BCUT2D eigenvalue weighted by atomic mass is 16.7. The number of ether oxygens (including phenoxy) is 4. The summed E-state index contributed by atoms with van der Waals surface area (Å²) in [5.41, 5.74) is 2.67. The lowest BCUT2D eigenvalue weighted by Gasteiger charge is -2.50. The lowest BCUT2D eigenvalue weighted by Crippen LogP contribution is -2.56. The molecule has 3 saturated heterocycles. The highest BCUT2D eigenvalue weighted by Gasteiger charge is 2.61. The Kier molecular flexibility index (Phi) is 7.35. The summed E-state index contributed by atoms with van der Waals surface area (Å²) >= 11 is 0. The van der Waals surface area contributed by atoms with E-state index in [0.29, 0.717) is 55.1 Å². The van der Waals surface area contributed by atoms with Crippen LogP contribution in [0.3, 0.4) is 0 Å². The topological polar surface area (TPSA) is 119 Å². The first-order valence-corrected chi connectivity index (χ1v) is 17.1. The van der Waals surface area contributed by atoms with Gasteiger partial charge >= 0.3 is 5.69 Å². The van der Waals surface area contributed by atoms with Gasteiger partial charge in [0.25, 0.3) is 0 Å². The van der Waals surface area contributed by atoms with Crippen molar-refractivity contribution in [3.05, 3.63) is 21.7 Å². The summed E-state index contributed by atoms with van der Waals surface area (Å²) in [7, 11) is 2.14. The van der Waals surface area contributed by atoms with Crippen LogP contribution in [0.2, 0.25) is 0 Å². The van der Waals surface area contributed by atoms with Crippen molar-refractivity contribution < 1.29 is 23.5 Å². The Morgan fingerprint density at radius 3 is 2.51 bits per heavy atom. The van der Waals surface area contributed by atoms with Gasteiger partial charge in [0.1, 0.15) is 6.10 Å². The average molecular weight is 623 g/mol. The lowest BCUT2D eigenvalue weighted by molar-refractivity contribution is -0.231. The smallest absolute Gasteiger partial charge is 0.331 e. The fourth-order valence-corrected chi connectivity index (χ4v) is 9.09. The first kappa shape index (κ1) is 29.6. The van der Waals surface area contributed by atoms with Crippen LogP contribution < -0.4 is 10.4 Å². The molecule has 5 aliphatic rings. The molecule has 3 aromatic rings. The van der Waals surface area contributed by atoms with Crippen LogP contribution in [0.4, 0.5) is 0 Å². The van der Waals surface area contributed by atoms with Gasteiger partial charge in [-0.1, -0.05) is 11.6 Å². The van der Waals surface area contributed by atoms with E-state index in [1.807, 2.05) is 13.8 Å². The van der Waals surface area contributed by atoms with Crippen molar-refractivity contribution >= 4 is 11.2 Å². The van der Waals surface area contributed by atoms with Gasteiger partial charge in [-0.15, -0.1) is 0 Å². The molecule has 2 spiro atoms. The Labute approximate surface area is 263 Å². The molecule has 1 saturated carbocycles. The molecular formula is C33H46N6O6. The zero-order valence-electron chi connectivity index (χ0n) is 27.0. The van der Waals surface area contributed by atoms with Gasteiger partial charge in [-0.3, -0.25) is 14.0 Å². The Bertz CT molecular complexity index is 1630. The molecule has 2 aliphatic carbocycles. The number of rotatable bonds is 6. The number of imidazole rings is 1. The molecule has 3 aromatic heterocycles. The summed E-state index contributed by atoms with van der Waals surface area (Å²) in [4.78, 5) is 26.7. The third kappa shape index (κ3) is 4.46. The molecule has 0 amide bonds. The Balaban J connectivity index is 1.31. The van der Waals surface area contributed by atoms with Gasteiger partial charge in [0.05, 0.1) is 37.0 Å². The Morgan fingerprint density at radius 1 is 0.978 bits per heavy atom. The number of hydrogen-bond donors (Lipinski definition) is 0. The van der Waals surface area contributed by atoms with Crippen LogP contribution in [-0.2, 0) is 26.0 Å². The fraction of sp³-hybridized carbons (Fsp3) is 0.758. The average Bonchev–Trinajstić information content (AvgIpc) is 3.85. The van der Waals surface area contributed by atoms with Crippen molar-refractivity contribution in [1.82, 2.24) is 29.2 Å². The van der Waals surface area contributed by atoms with E-state index in [2.05, 4.69) is 18.9 Å². The van der Waals surface area contributed by atoms with Gasteiger partial charge in [-0.25, -0.2) is 9.78 Å². The quantitative estimate of drug-likeness (QED) is 0.388. The molecule has 0 N–H and O–H groups in total. The number of likely N-dealkylation sites (N-methyl/N-ethyl adjacent to an activating group) is 1. The molecule has 0 aromatic carbocycles. The van der Waals surface area contributed by atoms with E-state index < -0.39 is 5.79 Å². The molecule has 0 unspecified atom stereocenters. The summed E-state index contributed by atoms with van der Waals surface area (Å²) in [5, 5.41) is 4.77. The van der Waals surface area contributed by atoms with Crippen LogP contribution in [0, 0.1) is 0 Å². The van der Waals surface area contributed by atoms with Gasteiger partial charge in [-0.2, -0.15) is 4.98 Å².